The van der Waals surface area contributed by atoms with Crippen LogP contribution in [0.25, 0.3) is 11.5 Å². The van der Waals surface area contributed by atoms with E-state index in [0.717, 1.165) is 11.5 Å². The van der Waals surface area contributed by atoms with Crippen molar-refractivity contribution >= 4 is 30.9 Å². The standard InChI is InChI=1S/C19H19ClFN5O4.H2S/c1-19(27,11-25-9-16(26(28)29)23-18(25)20)10-24-7-6-15-14(8-24)22-17(30-15)12-2-4-13(21)5-3-12;/h2-5,9,27H,6-8,10-11H2,1H3;1H2/t19-;/m0./s1. The number of aromatic nitrogens is 3. The molecule has 9 nitrogen and oxygen atoms in total. The maximum atomic E-state index is 13.1. The summed E-state index contributed by atoms with van der Waals surface area (Å²) in [7, 11) is 0. The van der Waals surface area contributed by atoms with Crippen LogP contribution in [0.1, 0.15) is 18.4 Å². The van der Waals surface area contributed by atoms with Gasteiger partial charge in [-0.1, -0.05) is 0 Å². The minimum Gasteiger partial charge on any atom is -0.441 e. The summed E-state index contributed by atoms with van der Waals surface area (Å²) in [5.74, 6) is 0.519. The minimum absolute atomic E-state index is 0. The van der Waals surface area contributed by atoms with Crippen molar-refractivity contribution in [1.29, 1.82) is 0 Å². The Balaban J connectivity index is 0.00000272. The molecular formula is C19H21ClFN5O4S. The third-order valence-corrected chi connectivity index (χ3v) is 5.18. The number of aliphatic hydroxyl groups is 1. The Morgan fingerprint density at radius 2 is 2.03 bits per heavy atom. The van der Waals surface area contributed by atoms with E-state index in [0.29, 0.717) is 37.5 Å². The molecule has 0 saturated carbocycles. The second-order valence-electron chi connectivity index (χ2n) is 7.61. The van der Waals surface area contributed by atoms with E-state index in [9.17, 15) is 19.6 Å². The van der Waals surface area contributed by atoms with Gasteiger partial charge in [-0.15, -0.1) is 0 Å². The fraction of sp³-hybridized carbons (Fsp3) is 0.368. The molecule has 0 unspecified atom stereocenters. The first-order valence-corrected chi connectivity index (χ1v) is 9.64. The highest BCUT2D eigenvalue weighted by Crippen LogP contribution is 2.27. The van der Waals surface area contributed by atoms with E-state index < -0.39 is 10.5 Å². The van der Waals surface area contributed by atoms with E-state index in [1.807, 2.05) is 4.90 Å². The maximum Gasteiger partial charge on any atom is 0.383 e. The molecule has 0 bridgehead atoms. The first-order valence-electron chi connectivity index (χ1n) is 9.26. The van der Waals surface area contributed by atoms with Crippen LogP contribution in [0.2, 0.25) is 5.28 Å². The summed E-state index contributed by atoms with van der Waals surface area (Å²) < 4.78 is 20.3. The summed E-state index contributed by atoms with van der Waals surface area (Å²) in [4.78, 5) is 20.4. The summed E-state index contributed by atoms with van der Waals surface area (Å²) in [6, 6.07) is 5.94. The average Bonchev–Trinajstić information content (AvgIpc) is 3.25. The van der Waals surface area contributed by atoms with Gasteiger partial charge in [-0.05, 0) is 52.7 Å². The van der Waals surface area contributed by atoms with E-state index in [-0.39, 0.29) is 37.0 Å². The summed E-state index contributed by atoms with van der Waals surface area (Å²) in [5.41, 5.74) is 0.257. The van der Waals surface area contributed by atoms with Crippen LogP contribution in [0.15, 0.2) is 34.9 Å². The molecule has 3 heterocycles. The fourth-order valence-electron chi connectivity index (χ4n) is 3.58. The van der Waals surface area contributed by atoms with Gasteiger partial charge in [0, 0.05) is 31.6 Å². The van der Waals surface area contributed by atoms with Crippen LogP contribution in [-0.4, -0.2) is 48.2 Å². The highest BCUT2D eigenvalue weighted by molar-refractivity contribution is 7.59. The van der Waals surface area contributed by atoms with E-state index >= 15 is 0 Å². The summed E-state index contributed by atoms with van der Waals surface area (Å²) in [6.07, 6.45) is 1.83. The number of hydrogen-bond acceptors (Lipinski definition) is 7. The quantitative estimate of drug-likeness (QED) is 0.436. The number of fused-ring (bicyclic) bond motifs is 1. The smallest absolute Gasteiger partial charge is 0.383 e. The normalized spacial score (nSPS) is 15.7. The van der Waals surface area contributed by atoms with Crippen LogP contribution < -0.4 is 0 Å². The molecule has 1 atom stereocenters. The molecule has 0 aliphatic carbocycles. The van der Waals surface area contributed by atoms with Gasteiger partial charge in [-0.25, -0.2) is 9.37 Å². The van der Waals surface area contributed by atoms with Crippen molar-refractivity contribution in [3.63, 3.8) is 0 Å². The number of benzene rings is 1. The molecule has 0 saturated heterocycles. The Morgan fingerprint density at radius 1 is 1.32 bits per heavy atom. The molecule has 0 amide bonds. The molecule has 2 aromatic heterocycles. The Bertz CT molecular complexity index is 1090. The number of hydrogen-bond donors (Lipinski definition) is 1. The lowest BCUT2D eigenvalue weighted by molar-refractivity contribution is -0.389. The SMILES string of the molecule is C[C@](O)(CN1CCc2oc(-c3ccc(F)cc3)nc2C1)Cn1cc([N+](=O)[O-])nc1Cl.S. The van der Waals surface area contributed by atoms with E-state index in [1.165, 1.54) is 22.9 Å². The number of β-amino-alcohol motifs (C(OH)–C–C–N with tert-alkyl or cyclic N) is 1. The van der Waals surface area contributed by atoms with Crippen molar-refractivity contribution in [2.45, 2.75) is 32.0 Å². The van der Waals surface area contributed by atoms with E-state index in [2.05, 4.69) is 9.97 Å². The third kappa shape index (κ3) is 5.24. The monoisotopic (exact) mass is 469 g/mol. The predicted octanol–water partition coefficient (Wildman–Crippen LogP) is 3.16. The lowest BCUT2D eigenvalue weighted by Crippen LogP contribution is -2.45. The van der Waals surface area contributed by atoms with Crippen LogP contribution in [0.5, 0.6) is 0 Å². The molecule has 1 aliphatic rings. The molecule has 0 radical (unpaired) electrons. The second kappa shape index (κ2) is 8.95. The van der Waals surface area contributed by atoms with Gasteiger partial charge in [0.05, 0.1) is 17.8 Å². The van der Waals surface area contributed by atoms with E-state index in [1.54, 1.807) is 19.1 Å². The molecule has 1 N–H and O–H groups in total. The topological polar surface area (TPSA) is 110 Å². The van der Waals surface area contributed by atoms with Gasteiger partial charge < -0.3 is 19.6 Å². The number of nitro groups is 1. The number of oxazole rings is 1. The van der Waals surface area contributed by atoms with Crippen molar-refractivity contribution in [2.24, 2.45) is 0 Å². The van der Waals surface area contributed by atoms with Gasteiger partial charge in [-0.3, -0.25) is 9.47 Å². The lowest BCUT2D eigenvalue weighted by Gasteiger charge is -2.33. The summed E-state index contributed by atoms with van der Waals surface area (Å²) in [6.45, 7) is 3.12. The molecule has 1 aromatic carbocycles. The molecule has 31 heavy (non-hydrogen) atoms. The Labute approximate surface area is 189 Å². The van der Waals surface area contributed by atoms with Gasteiger partial charge in [0.2, 0.25) is 5.89 Å². The van der Waals surface area contributed by atoms with Gasteiger partial charge in [0.1, 0.15) is 17.8 Å². The minimum atomic E-state index is -1.21. The molecule has 0 spiro atoms. The highest BCUT2D eigenvalue weighted by Gasteiger charge is 2.31. The summed E-state index contributed by atoms with van der Waals surface area (Å²) in [5, 5.41) is 21.7. The van der Waals surface area contributed by atoms with Crippen LogP contribution >= 0.6 is 25.1 Å². The second-order valence-corrected chi connectivity index (χ2v) is 7.94. The van der Waals surface area contributed by atoms with Crippen molar-refractivity contribution in [3.8, 4) is 11.5 Å². The zero-order valence-corrected chi connectivity index (χ0v) is 18.3. The van der Waals surface area contributed by atoms with Crippen LogP contribution in [-0.2, 0) is 19.5 Å². The first kappa shape index (κ1) is 23.2. The Morgan fingerprint density at radius 3 is 2.68 bits per heavy atom. The zero-order valence-electron chi connectivity index (χ0n) is 16.6. The maximum absolute atomic E-state index is 13.1. The van der Waals surface area contributed by atoms with Crippen molar-refractivity contribution in [1.82, 2.24) is 19.4 Å². The molecule has 0 fully saturated rings. The molecule has 4 rings (SSSR count). The molecular weight excluding hydrogens is 449 g/mol. The number of halogens is 2. The average molecular weight is 470 g/mol. The Kier molecular flexibility index (Phi) is 6.70. The van der Waals surface area contributed by atoms with Gasteiger partial charge in [0.15, 0.2) is 0 Å². The van der Waals surface area contributed by atoms with Crippen molar-refractivity contribution < 1.29 is 18.8 Å². The van der Waals surface area contributed by atoms with Crippen molar-refractivity contribution in [3.05, 3.63) is 63.1 Å². The molecule has 3 aromatic rings. The van der Waals surface area contributed by atoms with E-state index in [4.69, 9.17) is 16.0 Å². The highest BCUT2D eigenvalue weighted by atomic mass is 35.5. The van der Waals surface area contributed by atoms with Gasteiger partial charge in [0.25, 0.3) is 0 Å². The largest absolute Gasteiger partial charge is 0.441 e. The number of rotatable bonds is 6. The van der Waals surface area contributed by atoms with Crippen LogP contribution in [0.4, 0.5) is 10.2 Å². The van der Waals surface area contributed by atoms with Gasteiger partial charge >= 0.3 is 11.1 Å². The lowest BCUT2D eigenvalue weighted by atomic mass is 10.0. The number of imidazole rings is 1. The van der Waals surface area contributed by atoms with Crippen molar-refractivity contribution in [2.75, 3.05) is 13.1 Å². The third-order valence-electron chi connectivity index (χ3n) is 4.88. The zero-order chi connectivity index (χ0) is 21.5. The van der Waals surface area contributed by atoms with Crippen LogP contribution in [0, 0.1) is 15.9 Å². The number of nitrogens with zero attached hydrogens (tertiary/aromatic N) is 5. The Hall–Kier alpha value is -2.47. The molecule has 1 aliphatic heterocycles. The van der Waals surface area contributed by atoms with Crippen LogP contribution in [0.3, 0.4) is 0 Å². The van der Waals surface area contributed by atoms with Gasteiger partial charge in [-0.2, -0.15) is 13.5 Å². The molecule has 12 heteroatoms. The predicted molar refractivity (Wildman–Crippen MR) is 116 cm³/mol. The summed E-state index contributed by atoms with van der Waals surface area (Å²) >= 11 is 5.95. The molecule has 166 valence electrons. The first-order chi connectivity index (χ1) is 14.2. The fourth-order valence-corrected chi connectivity index (χ4v) is 3.78.